The van der Waals surface area contributed by atoms with Crippen molar-refractivity contribution < 1.29 is 14.3 Å². The predicted octanol–water partition coefficient (Wildman–Crippen LogP) is 3.09. The van der Waals surface area contributed by atoms with Crippen LogP contribution in [0.3, 0.4) is 0 Å². The molecule has 6 nitrogen and oxygen atoms in total. The van der Waals surface area contributed by atoms with Crippen molar-refractivity contribution in [2.45, 2.75) is 6.04 Å². The molecule has 0 saturated heterocycles. The van der Waals surface area contributed by atoms with Gasteiger partial charge >= 0.3 is 0 Å². The summed E-state index contributed by atoms with van der Waals surface area (Å²) in [5, 5.41) is 11.3. The molecule has 1 aliphatic rings. The Hall–Kier alpha value is -3.06. The molecule has 1 atom stereocenters. The Morgan fingerprint density at radius 1 is 1.35 bits per heavy atom. The van der Waals surface area contributed by atoms with Crippen molar-refractivity contribution in [2.75, 3.05) is 13.3 Å². The number of nitrogens with one attached hydrogen (secondary N) is 1. The Morgan fingerprint density at radius 2 is 2.27 bits per heavy atom. The van der Waals surface area contributed by atoms with Crippen molar-refractivity contribution in [3.05, 3.63) is 70.7 Å². The summed E-state index contributed by atoms with van der Waals surface area (Å²) in [5.74, 6) is 1.27. The normalized spacial score (nSPS) is 13.8. The molecule has 0 spiro atoms. The van der Waals surface area contributed by atoms with Crippen molar-refractivity contribution in [3.63, 3.8) is 0 Å². The van der Waals surface area contributed by atoms with Crippen molar-refractivity contribution in [2.24, 2.45) is 0 Å². The molecule has 1 amide bonds. The molecule has 1 aliphatic heterocycles. The topological polar surface area (TPSA) is 65.4 Å². The summed E-state index contributed by atoms with van der Waals surface area (Å²) in [5.41, 5.74) is 2.00. The maximum atomic E-state index is 12.2. The van der Waals surface area contributed by atoms with E-state index in [1.165, 1.54) is 6.08 Å². The first-order chi connectivity index (χ1) is 12.8. The highest BCUT2D eigenvalue weighted by molar-refractivity contribution is 7.07. The molecule has 3 heterocycles. The van der Waals surface area contributed by atoms with Crippen molar-refractivity contribution in [1.29, 1.82) is 0 Å². The number of fused-ring (bicyclic) bond motifs is 1. The van der Waals surface area contributed by atoms with Gasteiger partial charge in [-0.3, -0.25) is 9.48 Å². The second-order valence-electron chi connectivity index (χ2n) is 5.75. The summed E-state index contributed by atoms with van der Waals surface area (Å²) in [6.45, 7) is 0.698. The monoisotopic (exact) mass is 367 g/mol. The number of carbonyl (C=O) groups is 1. The summed E-state index contributed by atoms with van der Waals surface area (Å²) in [6, 6.07) is 9.47. The summed E-state index contributed by atoms with van der Waals surface area (Å²) in [7, 11) is 0. The third-order valence-corrected chi connectivity index (χ3v) is 4.77. The number of hydrogen-bond donors (Lipinski definition) is 1. The second kappa shape index (κ2) is 7.45. The van der Waals surface area contributed by atoms with Gasteiger partial charge in [-0.25, -0.2) is 0 Å². The number of benzene rings is 1. The van der Waals surface area contributed by atoms with Crippen LogP contribution in [-0.4, -0.2) is 29.0 Å². The van der Waals surface area contributed by atoms with Crippen molar-refractivity contribution in [3.8, 4) is 11.5 Å². The number of aromatic nitrogens is 2. The number of hydrogen-bond acceptors (Lipinski definition) is 5. The fraction of sp³-hybridized carbons (Fsp3) is 0.158. The van der Waals surface area contributed by atoms with Gasteiger partial charge in [-0.1, -0.05) is 6.07 Å². The Morgan fingerprint density at radius 3 is 3.08 bits per heavy atom. The lowest BCUT2D eigenvalue weighted by Gasteiger charge is -2.16. The van der Waals surface area contributed by atoms with Gasteiger partial charge in [0.25, 0.3) is 0 Å². The Balaban J connectivity index is 1.39. The van der Waals surface area contributed by atoms with E-state index in [9.17, 15) is 4.79 Å². The third kappa shape index (κ3) is 3.62. The number of rotatable bonds is 6. The van der Waals surface area contributed by atoms with E-state index in [2.05, 4.69) is 15.8 Å². The zero-order chi connectivity index (χ0) is 17.8. The molecule has 1 N–H and O–H groups in total. The van der Waals surface area contributed by atoms with Gasteiger partial charge in [-0.15, -0.1) is 0 Å². The fourth-order valence-corrected chi connectivity index (χ4v) is 3.45. The summed E-state index contributed by atoms with van der Waals surface area (Å²) < 4.78 is 12.5. The van der Waals surface area contributed by atoms with Gasteiger partial charge in [0.05, 0.1) is 6.04 Å². The van der Waals surface area contributed by atoms with Crippen LogP contribution >= 0.6 is 11.3 Å². The lowest BCUT2D eigenvalue weighted by molar-refractivity contribution is -0.116. The standard InChI is InChI=1S/C19H17N3O3S/c23-19(5-3-14-2-4-17-18(10-14)25-13-24-17)20-11-16(15-6-9-26-12-15)22-8-1-7-21-22/h1-10,12,16H,11,13H2,(H,20,23). The van der Waals surface area contributed by atoms with E-state index in [-0.39, 0.29) is 18.7 Å². The first-order valence-electron chi connectivity index (χ1n) is 8.16. The molecule has 0 saturated carbocycles. The molecular formula is C19H17N3O3S. The Labute approximate surface area is 154 Å². The summed E-state index contributed by atoms with van der Waals surface area (Å²) in [6.07, 6.45) is 6.91. The highest BCUT2D eigenvalue weighted by Gasteiger charge is 2.15. The van der Waals surface area contributed by atoms with Gasteiger partial charge in [0.15, 0.2) is 11.5 Å². The lowest BCUT2D eigenvalue weighted by atomic mass is 10.1. The Kier molecular flexibility index (Phi) is 4.70. The molecule has 2 aromatic heterocycles. The van der Waals surface area contributed by atoms with Crippen molar-refractivity contribution >= 4 is 23.3 Å². The number of ether oxygens (including phenoxy) is 2. The van der Waals surface area contributed by atoms with Crippen LogP contribution in [0.2, 0.25) is 0 Å². The summed E-state index contributed by atoms with van der Waals surface area (Å²) in [4.78, 5) is 12.2. The first kappa shape index (κ1) is 16.4. The van der Waals surface area contributed by atoms with Gasteiger partial charge in [-0.2, -0.15) is 16.4 Å². The molecule has 3 aromatic rings. The van der Waals surface area contributed by atoms with Crippen LogP contribution < -0.4 is 14.8 Å². The van der Waals surface area contributed by atoms with E-state index < -0.39 is 0 Å². The first-order valence-corrected chi connectivity index (χ1v) is 9.11. The highest BCUT2D eigenvalue weighted by Crippen LogP contribution is 2.32. The molecule has 0 fully saturated rings. The second-order valence-corrected chi connectivity index (χ2v) is 6.53. The van der Waals surface area contributed by atoms with Gasteiger partial charge < -0.3 is 14.8 Å². The van der Waals surface area contributed by atoms with Crippen LogP contribution in [0.5, 0.6) is 11.5 Å². The minimum atomic E-state index is -0.157. The van der Waals surface area contributed by atoms with E-state index >= 15 is 0 Å². The minimum Gasteiger partial charge on any atom is -0.454 e. The molecular weight excluding hydrogens is 350 g/mol. The number of thiophene rings is 1. The molecule has 0 aliphatic carbocycles. The average molecular weight is 367 g/mol. The smallest absolute Gasteiger partial charge is 0.244 e. The van der Waals surface area contributed by atoms with E-state index in [0.717, 1.165) is 16.9 Å². The molecule has 0 radical (unpaired) electrons. The largest absolute Gasteiger partial charge is 0.454 e. The highest BCUT2D eigenvalue weighted by atomic mass is 32.1. The van der Waals surface area contributed by atoms with Crippen LogP contribution in [0.25, 0.3) is 6.08 Å². The Bertz CT molecular complexity index is 870. The fourth-order valence-electron chi connectivity index (χ4n) is 2.74. The lowest BCUT2D eigenvalue weighted by Crippen LogP contribution is -2.30. The quantitative estimate of drug-likeness (QED) is 0.680. The van der Waals surface area contributed by atoms with E-state index in [1.807, 2.05) is 46.6 Å². The molecule has 132 valence electrons. The molecule has 4 rings (SSSR count). The number of nitrogens with zero attached hydrogens (tertiary/aromatic N) is 2. The van der Waals surface area contributed by atoms with Crippen molar-refractivity contribution in [1.82, 2.24) is 15.1 Å². The van der Waals surface area contributed by atoms with Crippen LogP contribution in [0.15, 0.2) is 59.6 Å². The molecule has 1 unspecified atom stereocenters. The predicted molar refractivity (Wildman–Crippen MR) is 99.3 cm³/mol. The third-order valence-electron chi connectivity index (χ3n) is 4.07. The zero-order valence-electron chi connectivity index (χ0n) is 13.9. The zero-order valence-corrected chi connectivity index (χ0v) is 14.7. The number of amides is 1. The van der Waals surface area contributed by atoms with Crippen LogP contribution in [0, 0.1) is 0 Å². The number of carbonyl (C=O) groups excluding carboxylic acids is 1. The van der Waals surface area contributed by atoms with E-state index in [4.69, 9.17) is 9.47 Å². The van der Waals surface area contributed by atoms with E-state index in [1.54, 1.807) is 23.6 Å². The minimum absolute atomic E-state index is 0.0286. The SMILES string of the molecule is O=C(C=Cc1ccc2c(c1)OCO2)NCC(c1ccsc1)n1cccn1. The molecule has 7 heteroatoms. The maximum Gasteiger partial charge on any atom is 0.244 e. The van der Waals surface area contributed by atoms with Gasteiger partial charge in [0.1, 0.15) is 0 Å². The molecule has 0 bridgehead atoms. The van der Waals surface area contributed by atoms with Crippen LogP contribution in [-0.2, 0) is 4.79 Å². The maximum absolute atomic E-state index is 12.2. The van der Waals surface area contributed by atoms with Gasteiger partial charge in [-0.05, 0) is 52.2 Å². The van der Waals surface area contributed by atoms with Crippen LogP contribution in [0.4, 0.5) is 0 Å². The van der Waals surface area contributed by atoms with E-state index in [0.29, 0.717) is 12.3 Å². The van der Waals surface area contributed by atoms with Crippen LogP contribution in [0.1, 0.15) is 17.2 Å². The average Bonchev–Trinajstić information content (AvgIpc) is 3.41. The molecule has 1 aromatic carbocycles. The molecule has 26 heavy (non-hydrogen) atoms. The van der Waals surface area contributed by atoms with Gasteiger partial charge in [0, 0.05) is 25.0 Å². The summed E-state index contributed by atoms with van der Waals surface area (Å²) >= 11 is 1.63. The van der Waals surface area contributed by atoms with Gasteiger partial charge in [0.2, 0.25) is 12.7 Å².